The summed E-state index contributed by atoms with van der Waals surface area (Å²) in [7, 11) is 1.77. The van der Waals surface area contributed by atoms with Gasteiger partial charge in [0.25, 0.3) is 0 Å². The van der Waals surface area contributed by atoms with Gasteiger partial charge in [-0.1, -0.05) is 12.1 Å². The molecule has 0 spiro atoms. The first-order chi connectivity index (χ1) is 9.29. The molecule has 1 aliphatic rings. The number of nitrogens with zero attached hydrogens (tertiary/aromatic N) is 1. The van der Waals surface area contributed by atoms with Crippen LogP contribution in [0.5, 0.6) is 0 Å². The van der Waals surface area contributed by atoms with Gasteiger partial charge in [-0.05, 0) is 44.0 Å². The SMILES string of the molecule is COCC1CCN(CCNc2ccccc2F)CC1. The second kappa shape index (κ2) is 7.46. The van der Waals surface area contributed by atoms with Crippen LogP contribution in [0, 0.1) is 11.7 Å². The Bertz CT molecular complexity index is 378. The molecule has 0 aliphatic carbocycles. The van der Waals surface area contributed by atoms with Crippen LogP contribution in [0.3, 0.4) is 0 Å². The molecule has 1 heterocycles. The third-order valence-electron chi connectivity index (χ3n) is 3.73. The lowest BCUT2D eigenvalue weighted by atomic mass is 9.98. The van der Waals surface area contributed by atoms with Gasteiger partial charge in [0.15, 0.2) is 0 Å². The Kier molecular flexibility index (Phi) is 5.61. The summed E-state index contributed by atoms with van der Waals surface area (Å²) in [6, 6.07) is 6.82. The van der Waals surface area contributed by atoms with Crippen LogP contribution in [-0.2, 0) is 4.74 Å². The third kappa shape index (κ3) is 4.48. The van der Waals surface area contributed by atoms with Crippen LogP contribution in [-0.4, -0.2) is 44.8 Å². The molecule has 0 amide bonds. The second-order valence-corrected chi connectivity index (χ2v) is 5.15. The summed E-state index contributed by atoms with van der Waals surface area (Å²) in [4.78, 5) is 2.43. The van der Waals surface area contributed by atoms with Crippen LogP contribution in [0.25, 0.3) is 0 Å². The summed E-state index contributed by atoms with van der Waals surface area (Å²) in [6.07, 6.45) is 2.40. The van der Waals surface area contributed by atoms with E-state index >= 15 is 0 Å². The molecule has 0 aromatic heterocycles. The van der Waals surface area contributed by atoms with Gasteiger partial charge < -0.3 is 15.0 Å². The number of ether oxygens (including phenoxy) is 1. The predicted molar refractivity (Wildman–Crippen MR) is 75.9 cm³/mol. The Morgan fingerprint density at radius 3 is 2.74 bits per heavy atom. The molecule has 1 aromatic rings. The largest absolute Gasteiger partial charge is 0.384 e. The Balaban J connectivity index is 1.66. The standard InChI is InChI=1S/C15H23FN2O/c1-19-12-13-6-9-18(10-7-13)11-8-17-15-5-3-2-4-14(15)16/h2-5,13,17H,6-12H2,1H3. The number of methoxy groups -OCH3 is 1. The first kappa shape index (κ1) is 14.3. The number of hydrogen-bond donors (Lipinski definition) is 1. The first-order valence-corrected chi connectivity index (χ1v) is 6.99. The van der Waals surface area contributed by atoms with Crippen molar-refractivity contribution in [3.63, 3.8) is 0 Å². The lowest BCUT2D eigenvalue weighted by Crippen LogP contribution is -2.37. The molecule has 1 fully saturated rings. The van der Waals surface area contributed by atoms with Crippen LogP contribution in [0.4, 0.5) is 10.1 Å². The molecule has 106 valence electrons. The van der Waals surface area contributed by atoms with Crippen molar-refractivity contribution < 1.29 is 9.13 Å². The molecule has 1 N–H and O–H groups in total. The van der Waals surface area contributed by atoms with Crippen molar-refractivity contribution in [3.05, 3.63) is 30.1 Å². The fourth-order valence-corrected chi connectivity index (χ4v) is 2.57. The zero-order valence-corrected chi connectivity index (χ0v) is 11.6. The molecule has 1 aliphatic heterocycles. The highest BCUT2D eigenvalue weighted by atomic mass is 19.1. The number of nitrogens with one attached hydrogen (secondary N) is 1. The Labute approximate surface area is 114 Å². The number of hydrogen-bond acceptors (Lipinski definition) is 3. The number of benzene rings is 1. The molecule has 4 heteroatoms. The van der Waals surface area contributed by atoms with Crippen LogP contribution >= 0.6 is 0 Å². The number of halogens is 1. The molecule has 2 rings (SSSR count). The van der Waals surface area contributed by atoms with E-state index in [1.165, 1.54) is 18.9 Å². The highest BCUT2D eigenvalue weighted by Gasteiger charge is 2.18. The molecule has 1 saturated heterocycles. The number of rotatable bonds is 6. The van der Waals surface area contributed by atoms with Gasteiger partial charge in [0, 0.05) is 26.8 Å². The summed E-state index contributed by atoms with van der Waals surface area (Å²) < 4.78 is 18.6. The van der Waals surface area contributed by atoms with E-state index in [-0.39, 0.29) is 5.82 Å². The van der Waals surface area contributed by atoms with Crippen LogP contribution < -0.4 is 5.32 Å². The van der Waals surface area contributed by atoms with Gasteiger partial charge in [-0.3, -0.25) is 0 Å². The van der Waals surface area contributed by atoms with Crippen molar-refractivity contribution in [1.82, 2.24) is 4.90 Å². The fourth-order valence-electron chi connectivity index (χ4n) is 2.57. The van der Waals surface area contributed by atoms with Crippen LogP contribution in [0.2, 0.25) is 0 Å². The number of para-hydroxylation sites is 1. The topological polar surface area (TPSA) is 24.5 Å². The Morgan fingerprint density at radius 1 is 1.32 bits per heavy atom. The maximum Gasteiger partial charge on any atom is 0.146 e. The molecule has 1 aromatic carbocycles. The fraction of sp³-hybridized carbons (Fsp3) is 0.600. The summed E-state index contributed by atoms with van der Waals surface area (Å²) >= 11 is 0. The molecule has 0 bridgehead atoms. The van der Waals surface area contributed by atoms with E-state index in [0.717, 1.165) is 32.8 Å². The number of anilines is 1. The highest BCUT2D eigenvalue weighted by molar-refractivity contribution is 5.44. The van der Waals surface area contributed by atoms with E-state index in [1.54, 1.807) is 19.2 Å². The van der Waals surface area contributed by atoms with Crippen molar-refractivity contribution >= 4 is 5.69 Å². The zero-order valence-electron chi connectivity index (χ0n) is 11.6. The minimum absolute atomic E-state index is 0.179. The van der Waals surface area contributed by atoms with E-state index in [1.807, 2.05) is 6.07 Å². The molecule has 3 nitrogen and oxygen atoms in total. The molecule has 19 heavy (non-hydrogen) atoms. The summed E-state index contributed by atoms with van der Waals surface area (Å²) in [5.41, 5.74) is 0.594. The van der Waals surface area contributed by atoms with Gasteiger partial charge in [-0.25, -0.2) is 4.39 Å². The highest BCUT2D eigenvalue weighted by Crippen LogP contribution is 2.17. The molecular formula is C15H23FN2O. The van der Waals surface area contributed by atoms with E-state index in [0.29, 0.717) is 11.6 Å². The summed E-state index contributed by atoms with van der Waals surface area (Å²) in [5.74, 6) is 0.530. The quantitative estimate of drug-likeness (QED) is 0.856. The second-order valence-electron chi connectivity index (χ2n) is 5.15. The molecule has 0 unspecified atom stereocenters. The first-order valence-electron chi connectivity index (χ1n) is 6.99. The maximum absolute atomic E-state index is 13.4. The van der Waals surface area contributed by atoms with Crippen molar-refractivity contribution in [1.29, 1.82) is 0 Å². The van der Waals surface area contributed by atoms with Crippen LogP contribution in [0.15, 0.2) is 24.3 Å². The van der Waals surface area contributed by atoms with Gasteiger partial charge in [0.2, 0.25) is 0 Å². The molecule has 0 saturated carbocycles. The summed E-state index contributed by atoms with van der Waals surface area (Å²) in [6.45, 7) is 4.87. The van der Waals surface area contributed by atoms with Crippen molar-refractivity contribution in [2.45, 2.75) is 12.8 Å². The lowest BCUT2D eigenvalue weighted by Gasteiger charge is -2.31. The minimum Gasteiger partial charge on any atom is -0.384 e. The molecule has 0 radical (unpaired) electrons. The van der Waals surface area contributed by atoms with Crippen molar-refractivity contribution in [2.75, 3.05) is 45.2 Å². The summed E-state index contributed by atoms with van der Waals surface area (Å²) in [5, 5.41) is 3.16. The molecule has 0 atom stereocenters. The van der Waals surface area contributed by atoms with Gasteiger partial charge >= 0.3 is 0 Å². The smallest absolute Gasteiger partial charge is 0.146 e. The van der Waals surface area contributed by atoms with Gasteiger partial charge in [-0.2, -0.15) is 0 Å². The van der Waals surface area contributed by atoms with E-state index < -0.39 is 0 Å². The van der Waals surface area contributed by atoms with Gasteiger partial charge in [-0.15, -0.1) is 0 Å². The molecular weight excluding hydrogens is 243 g/mol. The Morgan fingerprint density at radius 2 is 2.05 bits per heavy atom. The lowest BCUT2D eigenvalue weighted by molar-refractivity contribution is 0.101. The average molecular weight is 266 g/mol. The predicted octanol–water partition coefficient (Wildman–Crippen LogP) is 2.60. The van der Waals surface area contributed by atoms with Gasteiger partial charge in [0.05, 0.1) is 5.69 Å². The van der Waals surface area contributed by atoms with Crippen molar-refractivity contribution in [3.8, 4) is 0 Å². The monoisotopic (exact) mass is 266 g/mol. The van der Waals surface area contributed by atoms with E-state index in [9.17, 15) is 4.39 Å². The van der Waals surface area contributed by atoms with Gasteiger partial charge in [0.1, 0.15) is 5.82 Å². The minimum atomic E-state index is -0.179. The zero-order chi connectivity index (χ0) is 13.5. The normalized spacial score (nSPS) is 17.6. The number of piperidine rings is 1. The Hall–Kier alpha value is -1.13. The average Bonchev–Trinajstić information content (AvgIpc) is 2.43. The third-order valence-corrected chi connectivity index (χ3v) is 3.73. The van der Waals surface area contributed by atoms with Crippen molar-refractivity contribution in [2.24, 2.45) is 5.92 Å². The van der Waals surface area contributed by atoms with E-state index in [4.69, 9.17) is 4.74 Å². The maximum atomic E-state index is 13.4. The number of likely N-dealkylation sites (tertiary alicyclic amines) is 1. The van der Waals surface area contributed by atoms with E-state index in [2.05, 4.69) is 10.2 Å². The van der Waals surface area contributed by atoms with Crippen LogP contribution in [0.1, 0.15) is 12.8 Å².